The van der Waals surface area contributed by atoms with Crippen LogP contribution in [0.5, 0.6) is 0 Å². The Bertz CT molecular complexity index is 318. The molecule has 1 atom stereocenters. The zero-order valence-corrected chi connectivity index (χ0v) is 11.9. The van der Waals surface area contributed by atoms with Gasteiger partial charge in [-0.15, -0.1) is 0 Å². The second kappa shape index (κ2) is 4.72. The monoisotopic (exact) mass is 254 g/mol. The fourth-order valence-electron chi connectivity index (χ4n) is 2.93. The van der Waals surface area contributed by atoms with Gasteiger partial charge in [-0.25, -0.2) is 4.79 Å². The number of amides is 1. The highest BCUT2D eigenvalue weighted by Gasteiger charge is 2.43. The van der Waals surface area contributed by atoms with Crippen LogP contribution in [0.4, 0.5) is 4.79 Å². The van der Waals surface area contributed by atoms with Crippen molar-refractivity contribution in [1.29, 1.82) is 0 Å². The molecule has 2 aliphatic rings. The van der Waals surface area contributed by atoms with Crippen molar-refractivity contribution in [3.05, 3.63) is 0 Å². The lowest BCUT2D eigenvalue weighted by Crippen LogP contribution is -2.58. The van der Waals surface area contributed by atoms with Gasteiger partial charge in [0.05, 0.1) is 0 Å². The Morgan fingerprint density at radius 3 is 2.50 bits per heavy atom. The normalized spacial score (nSPS) is 27.6. The highest BCUT2D eigenvalue weighted by atomic mass is 16.6. The number of rotatable bonds is 1. The summed E-state index contributed by atoms with van der Waals surface area (Å²) in [5.74, 6) is 0.451. The number of carbonyl (C=O) groups is 1. The van der Waals surface area contributed by atoms with E-state index in [2.05, 4.69) is 0 Å². The Morgan fingerprint density at radius 1 is 1.33 bits per heavy atom. The van der Waals surface area contributed by atoms with Crippen LogP contribution in [0.15, 0.2) is 0 Å². The first kappa shape index (κ1) is 13.7. The van der Waals surface area contributed by atoms with Crippen LogP contribution in [0.2, 0.25) is 0 Å². The molecule has 4 nitrogen and oxygen atoms in total. The lowest BCUT2D eigenvalue weighted by atomic mass is 9.66. The molecule has 2 rings (SSSR count). The van der Waals surface area contributed by atoms with Crippen molar-refractivity contribution >= 4 is 6.09 Å². The van der Waals surface area contributed by atoms with Crippen molar-refractivity contribution in [2.24, 2.45) is 11.7 Å². The third kappa shape index (κ3) is 2.97. The van der Waals surface area contributed by atoms with Crippen LogP contribution in [0, 0.1) is 5.92 Å². The van der Waals surface area contributed by atoms with E-state index in [1.165, 1.54) is 6.42 Å². The number of ether oxygens (including phenoxy) is 1. The molecule has 1 aliphatic carbocycles. The van der Waals surface area contributed by atoms with E-state index >= 15 is 0 Å². The number of hydrogen-bond acceptors (Lipinski definition) is 3. The third-order valence-corrected chi connectivity index (χ3v) is 4.17. The maximum Gasteiger partial charge on any atom is 0.410 e. The van der Waals surface area contributed by atoms with Gasteiger partial charge in [0.2, 0.25) is 0 Å². The van der Waals surface area contributed by atoms with Gasteiger partial charge < -0.3 is 15.4 Å². The largest absolute Gasteiger partial charge is 0.444 e. The highest BCUT2D eigenvalue weighted by molar-refractivity contribution is 5.68. The summed E-state index contributed by atoms with van der Waals surface area (Å²) in [5.41, 5.74) is 5.96. The molecule has 1 unspecified atom stereocenters. The van der Waals surface area contributed by atoms with Crippen LogP contribution >= 0.6 is 0 Å². The molecule has 104 valence electrons. The van der Waals surface area contributed by atoms with Gasteiger partial charge in [-0.2, -0.15) is 0 Å². The second-order valence-electron chi connectivity index (χ2n) is 6.85. The fraction of sp³-hybridized carbons (Fsp3) is 0.929. The molecule has 2 N–H and O–H groups in total. The minimum absolute atomic E-state index is 0.0132. The van der Waals surface area contributed by atoms with Gasteiger partial charge in [0, 0.05) is 18.6 Å². The van der Waals surface area contributed by atoms with E-state index in [0.717, 1.165) is 38.8 Å². The molecule has 4 heteroatoms. The van der Waals surface area contributed by atoms with E-state index in [4.69, 9.17) is 10.5 Å². The number of nitrogens with two attached hydrogens (primary N) is 1. The average molecular weight is 254 g/mol. The highest BCUT2D eigenvalue weighted by Crippen LogP contribution is 2.40. The molecule has 18 heavy (non-hydrogen) atoms. The smallest absolute Gasteiger partial charge is 0.410 e. The van der Waals surface area contributed by atoms with Crippen molar-refractivity contribution < 1.29 is 9.53 Å². The first-order chi connectivity index (χ1) is 8.30. The zero-order valence-electron chi connectivity index (χ0n) is 11.9. The van der Waals surface area contributed by atoms with Crippen molar-refractivity contribution in [2.45, 2.75) is 64.0 Å². The molecule has 0 aromatic heterocycles. The Morgan fingerprint density at radius 2 is 2.00 bits per heavy atom. The quantitative estimate of drug-likeness (QED) is 0.782. The average Bonchev–Trinajstić information content (AvgIpc) is 2.24. The molecule has 0 aromatic rings. The van der Waals surface area contributed by atoms with Gasteiger partial charge in [0.25, 0.3) is 0 Å². The summed E-state index contributed by atoms with van der Waals surface area (Å²) in [6.07, 6.45) is 5.47. The Balaban J connectivity index is 1.92. The summed E-state index contributed by atoms with van der Waals surface area (Å²) in [6, 6.07) is 0. The van der Waals surface area contributed by atoms with Crippen molar-refractivity contribution in [2.75, 3.05) is 13.1 Å². The molecule has 1 saturated carbocycles. The van der Waals surface area contributed by atoms with Gasteiger partial charge in [-0.05, 0) is 58.8 Å². The molecule has 0 radical (unpaired) electrons. The summed E-state index contributed by atoms with van der Waals surface area (Å²) in [6.45, 7) is 7.29. The molecule has 0 spiro atoms. The molecule has 0 aromatic carbocycles. The lowest BCUT2D eigenvalue weighted by molar-refractivity contribution is 0.00533. The molecule has 1 heterocycles. The third-order valence-electron chi connectivity index (χ3n) is 4.17. The summed E-state index contributed by atoms with van der Waals surface area (Å²) >= 11 is 0. The van der Waals surface area contributed by atoms with Crippen molar-refractivity contribution in [3.8, 4) is 0 Å². The van der Waals surface area contributed by atoms with E-state index in [9.17, 15) is 4.79 Å². The Labute approximate surface area is 110 Å². The van der Waals surface area contributed by atoms with Gasteiger partial charge in [-0.1, -0.05) is 0 Å². The Kier molecular flexibility index (Phi) is 3.58. The van der Waals surface area contributed by atoms with Crippen molar-refractivity contribution in [3.63, 3.8) is 0 Å². The van der Waals surface area contributed by atoms with Crippen molar-refractivity contribution in [1.82, 2.24) is 4.90 Å². The van der Waals surface area contributed by atoms with E-state index in [-0.39, 0.29) is 11.6 Å². The van der Waals surface area contributed by atoms with Gasteiger partial charge in [-0.3, -0.25) is 0 Å². The van der Waals surface area contributed by atoms with Crippen LogP contribution in [-0.4, -0.2) is 35.2 Å². The second-order valence-corrected chi connectivity index (χ2v) is 6.85. The number of likely N-dealkylation sites (tertiary alicyclic amines) is 1. The summed E-state index contributed by atoms with van der Waals surface area (Å²) in [7, 11) is 0. The van der Waals surface area contributed by atoms with Crippen LogP contribution in [0.1, 0.15) is 52.9 Å². The minimum Gasteiger partial charge on any atom is -0.444 e. The van der Waals surface area contributed by atoms with E-state index in [1.807, 2.05) is 25.7 Å². The van der Waals surface area contributed by atoms with E-state index < -0.39 is 5.60 Å². The number of nitrogens with zero attached hydrogens (tertiary/aromatic N) is 1. The van der Waals surface area contributed by atoms with Gasteiger partial charge in [0.1, 0.15) is 5.60 Å². The predicted octanol–water partition coefficient (Wildman–Crippen LogP) is 2.51. The van der Waals surface area contributed by atoms with Crippen LogP contribution < -0.4 is 5.73 Å². The molecular formula is C14H26N2O2. The lowest BCUT2D eigenvalue weighted by Gasteiger charge is -2.48. The topological polar surface area (TPSA) is 55.6 Å². The summed E-state index contributed by atoms with van der Waals surface area (Å²) < 4.78 is 5.44. The van der Waals surface area contributed by atoms with Gasteiger partial charge >= 0.3 is 6.09 Å². The van der Waals surface area contributed by atoms with Gasteiger partial charge in [0.15, 0.2) is 0 Å². The van der Waals surface area contributed by atoms with E-state index in [1.54, 1.807) is 0 Å². The summed E-state index contributed by atoms with van der Waals surface area (Å²) in [5, 5.41) is 0. The van der Waals surface area contributed by atoms with E-state index in [0.29, 0.717) is 5.92 Å². The van der Waals surface area contributed by atoms with Crippen LogP contribution in [0.25, 0.3) is 0 Å². The molecule has 1 aliphatic heterocycles. The van der Waals surface area contributed by atoms with Crippen LogP contribution in [-0.2, 0) is 4.74 Å². The Hall–Kier alpha value is -0.770. The minimum atomic E-state index is -0.416. The molecule has 1 amide bonds. The summed E-state index contributed by atoms with van der Waals surface area (Å²) in [4.78, 5) is 13.9. The maximum atomic E-state index is 12.1. The molecule has 0 bridgehead atoms. The maximum absolute atomic E-state index is 12.1. The fourth-order valence-corrected chi connectivity index (χ4v) is 2.93. The standard InChI is InChI=1S/C14H26N2O2/c1-13(2,3)18-12(17)16-9-4-6-11(10-16)14(15)7-5-8-14/h11H,4-10,15H2,1-3H3. The molecule has 2 fully saturated rings. The SMILES string of the molecule is CC(C)(C)OC(=O)N1CCCC(C2(N)CCC2)C1. The first-order valence-corrected chi connectivity index (χ1v) is 7.07. The first-order valence-electron chi connectivity index (χ1n) is 7.07. The van der Waals surface area contributed by atoms with Crippen LogP contribution in [0.3, 0.4) is 0 Å². The predicted molar refractivity (Wildman–Crippen MR) is 71.3 cm³/mol. The number of hydrogen-bond donors (Lipinski definition) is 1. The number of carbonyl (C=O) groups excluding carboxylic acids is 1. The molecular weight excluding hydrogens is 228 g/mol. The zero-order chi connectivity index (χ0) is 13.4. The number of piperidine rings is 1. The molecule has 1 saturated heterocycles.